The smallest absolute Gasteiger partial charge is 0.153 e. The van der Waals surface area contributed by atoms with Gasteiger partial charge in [-0.25, -0.2) is 0 Å². The molecule has 3 heteroatoms. The van der Waals surface area contributed by atoms with Gasteiger partial charge in [0.25, 0.3) is 0 Å². The van der Waals surface area contributed by atoms with E-state index in [-0.39, 0.29) is 0 Å². The molecule has 2 nitrogen and oxygen atoms in total. The van der Waals surface area contributed by atoms with Crippen LogP contribution in [0.5, 0.6) is 5.75 Å². The minimum atomic E-state index is 0.542. The summed E-state index contributed by atoms with van der Waals surface area (Å²) in [6, 6.07) is 13.0. The van der Waals surface area contributed by atoms with E-state index >= 15 is 0 Å². The summed E-state index contributed by atoms with van der Waals surface area (Å²) in [5.41, 5.74) is 2.52. The lowest BCUT2D eigenvalue weighted by Gasteiger charge is -2.06. The summed E-state index contributed by atoms with van der Waals surface area (Å²) < 4.78 is 5.09. The first-order valence-corrected chi connectivity index (χ1v) is 5.51. The highest BCUT2D eigenvalue weighted by molar-refractivity contribution is 6.30. The quantitative estimate of drug-likeness (QED) is 0.770. The van der Waals surface area contributed by atoms with Crippen molar-refractivity contribution in [3.8, 4) is 16.9 Å². The van der Waals surface area contributed by atoms with E-state index in [0.29, 0.717) is 16.3 Å². The van der Waals surface area contributed by atoms with Crippen molar-refractivity contribution >= 4 is 17.9 Å². The Hall–Kier alpha value is -1.80. The standard InChI is InChI=1S/C14H11ClO2/c1-17-14-7-4-11(8-12(14)9-16)10-2-5-13(15)6-3-10/h2-9H,1H3. The summed E-state index contributed by atoms with van der Waals surface area (Å²) in [6.07, 6.45) is 0.790. The molecular formula is C14H11ClO2. The summed E-state index contributed by atoms with van der Waals surface area (Å²) in [6.45, 7) is 0. The summed E-state index contributed by atoms with van der Waals surface area (Å²) in [4.78, 5) is 10.9. The largest absolute Gasteiger partial charge is 0.496 e. The number of carbonyl (C=O) groups excluding carboxylic acids is 1. The van der Waals surface area contributed by atoms with Crippen molar-refractivity contribution in [2.24, 2.45) is 0 Å². The molecular weight excluding hydrogens is 236 g/mol. The molecule has 0 saturated carbocycles. The molecule has 0 aliphatic carbocycles. The monoisotopic (exact) mass is 246 g/mol. The number of methoxy groups -OCH3 is 1. The van der Waals surface area contributed by atoms with Crippen molar-refractivity contribution in [1.82, 2.24) is 0 Å². The molecule has 0 N–H and O–H groups in total. The van der Waals surface area contributed by atoms with Crippen molar-refractivity contribution in [2.75, 3.05) is 7.11 Å². The van der Waals surface area contributed by atoms with Crippen LogP contribution in [0.3, 0.4) is 0 Å². The highest BCUT2D eigenvalue weighted by atomic mass is 35.5. The third-order valence-electron chi connectivity index (χ3n) is 2.53. The van der Waals surface area contributed by atoms with Crippen LogP contribution >= 0.6 is 11.6 Å². The Labute approximate surface area is 105 Å². The van der Waals surface area contributed by atoms with Gasteiger partial charge in [-0.15, -0.1) is 0 Å². The lowest BCUT2D eigenvalue weighted by atomic mass is 10.0. The maximum absolute atomic E-state index is 10.9. The van der Waals surface area contributed by atoms with Crippen LogP contribution in [0.15, 0.2) is 42.5 Å². The van der Waals surface area contributed by atoms with Crippen LogP contribution in [0.2, 0.25) is 5.02 Å². The maximum Gasteiger partial charge on any atom is 0.153 e. The van der Waals surface area contributed by atoms with Crippen LogP contribution in [-0.2, 0) is 0 Å². The third kappa shape index (κ3) is 2.48. The lowest BCUT2D eigenvalue weighted by Crippen LogP contribution is -1.90. The number of hydrogen-bond acceptors (Lipinski definition) is 2. The summed E-state index contributed by atoms with van der Waals surface area (Å²) in [7, 11) is 1.55. The second kappa shape index (κ2) is 5.02. The molecule has 2 aromatic carbocycles. The number of ether oxygens (including phenoxy) is 1. The number of rotatable bonds is 3. The van der Waals surface area contributed by atoms with Crippen molar-refractivity contribution in [2.45, 2.75) is 0 Å². The van der Waals surface area contributed by atoms with Gasteiger partial charge in [0.05, 0.1) is 12.7 Å². The van der Waals surface area contributed by atoms with Gasteiger partial charge >= 0.3 is 0 Å². The Morgan fingerprint density at radius 2 is 1.71 bits per heavy atom. The fraction of sp³-hybridized carbons (Fsp3) is 0.0714. The minimum Gasteiger partial charge on any atom is -0.496 e. The normalized spacial score (nSPS) is 10.0. The fourth-order valence-electron chi connectivity index (χ4n) is 1.65. The average Bonchev–Trinajstić information content (AvgIpc) is 2.39. The summed E-state index contributed by atoms with van der Waals surface area (Å²) in [5.74, 6) is 0.581. The van der Waals surface area contributed by atoms with E-state index in [1.165, 1.54) is 0 Å². The number of carbonyl (C=O) groups is 1. The molecule has 0 aliphatic rings. The zero-order valence-electron chi connectivity index (χ0n) is 9.31. The van der Waals surface area contributed by atoms with E-state index in [1.807, 2.05) is 30.3 Å². The van der Waals surface area contributed by atoms with Crippen molar-refractivity contribution in [1.29, 1.82) is 0 Å². The second-order valence-electron chi connectivity index (χ2n) is 3.58. The predicted molar refractivity (Wildman–Crippen MR) is 68.8 cm³/mol. The van der Waals surface area contributed by atoms with E-state index in [4.69, 9.17) is 16.3 Å². The summed E-state index contributed by atoms with van der Waals surface area (Å²) >= 11 is 5.83. The van der Waals surface area contributed by atoms with E-state index in [0.717, 1.165) is 17.4 Å². The Morgan fingerprint density at radius 3 is 2.29 bits per heavy atom. The van der Waals surface area contributed by atoms with Gasteiger partial charge in [0.1, 0.15) is 5.75 Å². The van der Waals surface area contributed by atoms with E-state index in [9.17, 15) is 4.79 Å². The maximum atomic E-state index is 10.9. The topological polar surface area (TPSA) is 26.3 Å². The Kier molecular flexibility index (Phi) is 3.45. The molecule has 0 heterocycles. The van der Waals surface area contributed by atoms with Crippen molar-refractivity contribution in [3.05, 3.63) is 53.1 Å². The summed E-state index contributed by atoms with van der Waals surface area (Å²) in [5, 5.41) is 0.692. The van der Waals surface area contributed by atoms with Crippen LogP contribution in [-0.4, -0.2) is 13.4 Å². The first kappa shape index (κ1) is 11.7. The van der Waals surface area contributed by atoms with Gasteiger partial charge in [-0.2, -0.15) is 0 Å². The van der Waals surface area contributed by atoms with Crippen LogP contribution < -0.4 is 4.74 Å². The SMILES string of the molecule is COc1ccc(-c2ccc(Cl)cc2)cc1C=O. The molecule has 0 atom stereocenters. The van der Waals surface area contributed by atoms with Gasteiger partial charge in [-0.3, -0.25) is 4.79 Å². The van der Waals surface area contributed by atoms with Crippen LogP contribution in [0.4, 0.5) is 0 Å². The Morgan fingerprint density at radius 1 is 1.06 bits per heavy atom. The molecule has 2 aromatic rings. The number of halogens is 1. The molecule has 0 saturated heterocycles. The van der Waals surface area contributed by atoms with E-state index in [1.54, 1.807) is 19.2 Å². The van der Waals surface area contributed by atoms with Crippen LogP contribution in [0, 0.1) is 0 Å². The first-order chi connectivity index (χ1) is 8.24. The van der Waals surface area contributed by atoms with Crippen LogP contribution in [0.1, 0.15) is 10.4 Å². The average molecular weight is 247 g/mol. The van der Waals surface area contributed by atoms with E-state index in [2.05, 4.69) is 0 Å². The van der Waals surface area contributed by atoms with Crippen LogP contribution in [0.25, 0.3) is 11.1 Å². The van der Waals surface area contributed by atoms with Crippen molar-refractivity contribution < 1.29 is 9.53 Å². The molecule has 0 spiro atoms. The Bertz CT molecular complexity index is 532. The van der Waals surface area contributed by atoms with E-state index < -0.39 is 0 Å². The first-order valence-electron chi connectivity index (χ1n) is 5.14. The van der Waals surface area contributed by atoms with Gasteiger partial charge in [-0.05, 0) is 35.4 Å². The molecule has 2 rings (SSSR count). The van der Waals surface area contributed by atoms with Gasteiger partial charge in [-0.1, -0.05) is 29.8 Å². The molecule has 0 amide bonds. The zero-order valence-corrected chi connectivity index (χ0v) is 10.1. The second-order valence-corrected chi connectivity index (χ2v) is 4.02. The molecule has 0 aliphatic heterocycles. The Balaban J connectivity index is 2.46. The molecule has 0 fully saturated rings. The highest BCUT2D eigenvalue weighted by Crippen LogP contribution is 2.26. The minimum absolute atomic E-state index is 0.542. The molecule has 0 aromatic heterocycles. The van der Waals surface area contributed by atoms with Gasteiger partial charge < -0.3 is 4.74 Å². The van der Waals surface area contributed by atoms with Crippen molar-refractivity contribution in [3.63, 3.8) is 0 Å². The molecule has 0 bridgehead atoms. The van der Waals surface area contributed by atoms with Gasteiger partial charge in [0, 0.05) is 5.02 Å². The van der Waals surface area contributed by atoms with Gasteiger partial charge in [0.15, 0.2) is 6.29 Å². The predicted octanol–water partition coefficient (Wildman–Crippen LogP) is 3.83. The number of benzene rings is 2. The lowest BCUT2D eigenvalue weighted by molar-refractivity contribution is 0.112. The zero-order chi connectivity index (χ0) is 12.3. The third-order valence-corrected chi connectivity index (χ3v) is 2.79. The number of hydrogen-bond donors (Lipinski definition) is 0. The molecule has 17 heavy (non-hydrogen) atoms. The molecule has 86 valence electrons. The number of aldehydes is 1. The highest BCUT2D eigenvalue weighted by Gasteiger charge is 2.04. The fourth-order valence-corrected chi connectivity index (χ4v) is 1.77. The molecule has 0 radical (unpaired) electrons. The molecule has 0 unspecified atom stereocenters. The van der Waals surface area contributed by atoms with Gasteiger partial charge in [0.2, 0.25) is 0 Å².